The number of carbonyl (C=O) groups excluding carboxylic acids is 1. The van der Waals surface area contributed by atoms with Crippen molar-refractivity contribution in [3.8, 4) is 5.75 Å². The van der Waals surface area contributed by atoms with Crippen LogP contribution < -0.4 is 10.1 Å². The van der Waals surface area contributed by atoms with E-state index in [0.717, 1.165) is 16.7 Å². The minimum absolute atomic E-state index is 0.0832. The lowest BCUT2D eigenvalue weighted by atomic mass is 9.99. The van der Waals surface area contributed by atoms with E-state index in [1.807, 2.05) is 43.3 Å². The van der Waals surface area contributed by atoms with Gasteiger partial charge in [-0.1, -0.05) is 59.6 Å². The number of nitrogens with one attached hydrogen (secondary N) is 1. The predicted molar refractivity (Wildman–Crippen MR) is 114 cm³/mol. The first-order valence-corrected chi connectivity index (χ1v) is 9.66. The second kappa shape index (κ2) is 8.94. The molecule has 0 fully saturated rings. The van der Waals surface area contributed by atoms with E-state index in [1.54, 1.807) is 12.1 Å². The number of amides is 1. The highest BCUT2D eigenvalue weighted by atomic mass is 35.5. The van der Waals surface area contributed by atoms with Gasteiger partial charge in [-0.2, -0.15) is 0 Å². The summed E-state index contributed by atoms with van der Waals surface area (Å²) in [6, 6.07) is 20.9. The monoisotopic (exact) mass is 393 g/mol. The van der Waals surface area contributed by atoms with Crippen LogP contribution in [-0.4, -0.2) is 5.91 Å². The van der Waals surface area contributed by atoms with Gasteiger partial charge >= 0.3 is 0 Å². The molecule has 4 heteroatoms. The van der Waals surface area contributed by atoms with Gasteiger partial charge in [0.05, 0.1) is 6.04 Å². The van der Waals surface area contributed by atoms with Crippen LogP contribution in [-0.2, 0) is 6.61 Å². The second-order valence-corrected chi connectivity index (χ2v) is 7.37. The fourth-order valence-electron chi connectivity index (χ4n) is 3.09. The molecular weight excluding hydrogens is 370 g/mol. The number of hydrogen-bond donors (Lipinski definition) is 1. The average molecular weight is 394 g/mol. The Hall–Kier alpha value is -2.78. The van der Waals surface area contributed by atoms with E-state index < -0.39 is 0 Å². The van der Waals surface area contributed by atoms with Crippen LogP contribution in [0.3, 0.4) is 0 Å². The summed E-state index contributed by atoms with van der Waals surface area (Å²) in [7, 11) is 0. The van der Waals surface area contributed by atoms with Crippen molar-refractivity contribution >= 4 is 17.5 Å². The summed E-state index contributed by atoms with van der Waals surface area (Å²) in [6.07, 6.45) is 0. The third-order valence-electron chi connectivity index (χ3n) is 4.70. The van der Waals surface area contributed by atoms with E-state index in [-0.39, 0.29) is 11.9 Å². The lowest BCUT2D eigenvalue weighted by molar-refractivity contribution is 0.0939. The number of ether oxygens (including phenoxy) is 1. The number of hydrogen-bond acceptors (Lipinski definition) is 2. The maximum Gasteiger partial charge on any atom is 0.251 e. The summed E-state index contributed by atoms with van der Waals surface area (Å²) in [5.41, 5.74) is 4.93. The lowest BCUT2D eigenvalue weighted by Crippen LogP contribution is -2.27. The Bertz CT molecular complexity index is 984. The largest absolute Gasteiger partial charge is 0.489 e. The van der Waals surface area contributed by atoms with Crippen molar-refractivity contribution in [2.24, 2.45) is 0 Å². The number of aryl methyl sites for hydroxylation is 2. The summed E-state index contributed by atoms with van der Waals surface area (Å²) in [5.74, 6) is 0.503. The molecule has 0 aliphatic rings. The van der Waals surface area contributed by atoms with Gasteiger partial charge in [0.1, 0.15) is 12.4 Å². The van der Waals surface area contributed by atoms with Gasteiger partial charge in [0, 0.05) is 16.1 Å². The first kappa shape index (κ1) is 20.0. The third kappa shape index (κ3) is 4.93. The van der Waals surface area contributed by atoms with Crippen molar-refractivity contribution in [1.29, 1.82) is 0 Å². The van der Waals surface area contributed by atoms with Gasteiger partial charge < -0.3 is 10.1 Å². The van der Waals surface area contributed by atoms with Gasteiger partial charge in [-0.3, -0.25) is 4.79 Å². The van der Waals surface area contributed by atoms with Crippen molar-refractivity contribution < 1.29 is 9.53 Å². The topological polar surface area (TPSA) is 38.3 Å². The fourth-order valence-corrected chi connectivity index (χ4v) is 3.28. The molecule has 1 unspecified atom stereocenters. The average Bonchev–Trinajstić information content (AvgIpc) is 2.69. The smallest absolute Gasteiger partial charge is 0.251 e. The zero-order valence-corrected chi connectivity index (χ0v) is 17.1. The highest BCUT2D eigenvalue weighted by molar-refractivity contribution is 6.31. The SMILES string of the molecule is Cc1ccc(C)c(C(C)NC(=O)c2cccc(OCc3ccccc3Cl)c2)c1. The Morgan fingerprint density at radius 1 is 1.04 bits per heavy atom. The fraction of sp³-hybridized carbons (Fsp3) is 0.208. The van der Waals surface area contributed by atoms with Crippen LogP contribution in [0.4, 0.5) is 0 Å². The quantitative estimate of drug-likeness (QED) is 0.555. The van der Waals surface area contributed by atoms with Crippen molar-refractivity contribution in [3.63, 3.8) is 0 Å². The van der Waals surface area contributed by atoms with Crippen molar-refractivity contribution in [2.75, 3.05) is 0 Å². The Morgan fingerprint density at radius 3 is 2.61 bits per heavy atom. The molecule has 0 aromatic heterocycles. The second-order valence-electron chi connectivity index (χ2n) is 6.96. The van der Waals surface area contributed by atoms with E-state index >= 15 is 0 Å². The standard InChI is InChI=1S/C24H24ClNO2/c1-16-11-12-17(2)22(13-16)18(3)26-24(27)19-8-6-9-21(14-19)28-15-20-7-4-5-10-23(20)25/h4-14,18H,15H2,1-3H3,(H,26,27). The first-order chi connectivity index (χ1) is 13.4. The van der Waals surface area contributed by atoms with Gasteiger partial charge in [0.25, 0.3) is 5.91 Å². The molecule has 0 saturated carbocycles. The van der Waals surface area contributed by atoms with Crippen LogP contribution in [0.1, 0.15) is 45.6 Å². The molecule has 1 amide bonds. The Balaban J connectivity index is 1.68. The van der Waals surface area contributed by atoms with Crippen LogP contribution in [0.5, 0.6) is 5.75 Å². The van der Waals surface area contributed by atoms with Crippen molar-refractivity contribution in [2.45, 2.75) is 33.4 Å². The van der Waals surface area contributed by atoms with E-state index in [2.05, 4.69) is 37.4 Å². The van der Waals surface area contributed by atoms with Gasteiger partial charge in [-0.25, -0.2) is 0 Å². The van der Waals surface area contributed by atoms with E-state index in [4.69, 9.17) is 16.3 Å². The van der Waals surface area contributed by atoms with Crippen LogP contribution in [0.2, 0.25) is 5.02 Å². The summed E-state index contributed by atoms with van der Waals surface area (Å²) in [4.78, 5) is 12.7. The lowest BCUT2D eigenvalue weighted by Gasteiger charge is -2.18. The molecule has 1 N–H and O–H groups in total. The normalized spacial score (nSPS) is 11.7. The van der Waals surface area contributed by atoms with Gasteiger partial charge in [-0.15, -0.1) is 0 Å². The number of rotatable bonds is 6. The molecule has 3 rings (SSSR count). The van der Waals surface area contributed by atoms with E-state index in [1.165, 1.54) is 5.56 Å². The number of benzene rings is 3. The maximum absolute atomic E-state index is 12.7. The molecule has 1 atom stereocenters. The zero-order chi connectivity index (χ0) is 20.1. The molecule has 0 aliphatic heterocycles. The highest BCUT2D eigenvalue weighted by Crippen LogP contribution is 2.22. The van der Waals surface area contributed by atoms with E-state index in [0.29, 0.717) is 22.9 Å². The molecule has 144 valence electrons. The van der Waals surface area contributed by atoms with Gasteiger partial charge in [0.15, 0.2) is 0 Å². The molecular formula is C24H24ClNO2. The van der Waals surface area contributed by atoms with Gasteiger partial charge in [-0.05, 0) is 56.2 Å². The van der Waals surface area contributed by atoms with Crippen LogP contribution >= 0.6 is 11.6 Å². The van der Waals surface area contributed by atoms with Crippen LogP contribution in [0.25, 0.3) is 0 Å². The summed E-state index contributed by atoms with van der Waals surface area (Å²) in [6.45, 7) is 6.46. The summed E-state index contributed by atoms with van der Waals surface area (Å²) >= 11 is 6.17. The Labute approximate surface area is 171 Å². The molecule has 0 aliphatic carbocycles. The molecule has 0 bridgehead atoms. The molecule has 0 heterocycles. The first-order valence-electron chi connectivity index (χ1n) is 9.28. The predicted octanol–water partition coefficient (Wildman–Crippen LogP) is 6.03. The molecule has 3 aromatic rings. The van der Waals surface area contributed by atoms with E-state index in [9.17, 15) is 4.79 Å². The van der Waals surface area contributed by atoms with Crippen molar-refractivity contribution in [1.82, 2.24) is 5.32 Å². The Morgan fingerprint density at radius 2 is 1.82 bits per heavy atom. The van der Waals surface area contributed by atoms with Gasteiger partial charge in [0.2, 0.25) is 0 Å². The molecule has 3 nitrogen and oxygen atoms in total. The highest BCUT2D eigenvalue weighted by Gasteiger charge is 2.14. The zero-order valence-electron chi connectivity index (χ0n) is 16.3. The number of carbonyl (C=O) groups is 1. The Kier molecular flexibility index (Phi) is 6.37. The van der Waals surface area contributed by atoms with Crippen LogP contribution in [0.15, 0.2) is 66.7 Å². The molecule has 0 spiro atoms. The molecule has 3 aromatic carbocycles. The molecule has 28 heavy (non-hydrogen) atoms. The minimum atomic E-state index is -0.128. The molecule has 0 saturated heterocycles. The van der Waals surface area contributed by atoms with Crippen molar-refractivity contribution in [3.05, 3.63) is 99.6 Å². The number of halogens is 1. The van der Waals surface area contributed by atoms with Crippen LogP contribution in [0, 0.1) is 13.8 Å². The summed E-state index contributed by atoms with van der Waals surface area (Å²) in [5, 5.41) is 3.74. The maximum atomic E-state index is 12.7. The molecule has 0 radical (unpaired) electrons. The summed E-state index contributed by atoms with van der Waals surface area (Å²) < 4.78 is 5.82. The third-order valence-corrected chi connectivity index (χ3v) is 5.07. The minimum Gasteiger partial charge on any atom is -0.489 e.